The van der Waals surface area contributed by atoms with Crippen molar-refractivity contribution in [3.8, 4) is 0 Å². The highest BCUT2D eigenvalue weighted by atomic mass is 16.6. The number of nitrogens with zero attached hydrogens (tertiary/aromatic N) is 1. The molecule has 12 heteroatoms. The molecule has 3 saturated heterocycles. The van der Waals surface area contributed by atoms with E-state index in [1.807, 2.05) is 27.7 Å². The van der Waals surface area contributed by atoms with Gasteiger partial charge in [-0.2, -0.15) is 0 Å². The van der Waals surface area contributed by atoms with Crippen molar-refractivity contribution in [2.24, 2.45) is 11.8 Å². The summed E-state index contributed by atoms with van der Waals surface area (Å²) < 4.78 is 23.4. The van der Waals surface area contributed by atoms with Crippen molar-refractivity contribution in [1.82, 2.24) is 10.2 Å². The summed E-state index contributed by atoms with van der Waals surface area (Å²) in [7, 11) is 0. The van der Waals surface area contributed by atoms with Gasteiger partial charge < -0.3 is 44.5 Å². The molecule has 0 saturated carbocycles. The van der Waals surface area contributed by atoms with Crippen LogP contribution in [0.5, 0.6) is 0 Å². The number of epoxide rings is 1. The molecule has 2 bridgehead atoms. The van der Waals surface area contributed by atoms with E-state index in [9.17, 15) is 29.7 Å². The Morgan fingerprint density at radius 2 is 2.02 bits per heavy atom. The largest absolute Gasteiger partial charge is 0.457 e. The number of carbonyl (C=O) groups is 3. The molecule has 0 aliphatic carbocycles. The molecule has 0 aromatic carbocycles. The van der Waals surface area contributed by atoms with Gasteiger partial charge in [-0.3, -0.25) is 9.59 Å². The van der Waals surface area contributed by atoms with Crippen molar-refractivity contribution < 1.29 is 48.7 Å². The molecule has 4 N–H and O–H groups in total. The van der Waals surface area contributed by atoms with E-state index in [1.165, 1.54) is 6.92 Å². The normalized spacial score (nSPS) is 36.8. The highest BCUT2D eigenvalue weighted by molar-refractivity contribution is 5.71. The SMILES string of the molecule is CC[C@H](O)[C@@H](C)[C@H]1O[C@@H]1CC(C)(O)/C=C/C=C(\C)C1OC(=O)CC(O)CCC(C)(OC(=O)N2CC3CC2CN3)C(OC(C)=O)C=CC1C. The van der Waals surface area contributed by atoms with Gasteiger partial charge in [0.1, 0.15) is 6.10 Å². The Morgan fingerprint density at radius 1 is 1.29 bits per heavy atom. The number of amides is 1. The molecule has 4 aliphatic rings. The Kier molecular flexibility index (Phi) is 12.6. The summed E-state index contributed by atoms with van der Waals surface area (Å²) in [5, 5.41) is 35.4. The maximum absolute atomic E-state index is 13.4. The quantitative estimate of drug-likeness (QED) is 0.0881. The fourth-order valence-corrected chi connectivity index (χ4v) is 7.12. The van der Waals surface area contributed by atoms with Crippen LogP contribution in [0.15, 0.2) is 36.0 Å². The predicted octanol–water partition coefficient (Wildman–Crippen LogP) is 3.33. The first-order chi connectivity index (χ1) is 22.5. The molecule has 0 spiro atoms. The maximum atomic E-state index is 13.4. The van der Waals surface area contributed by atoms with E-state index in [0.717, 1.165) is 6.42 Å². The van der Waals surface area contributed by atoms with Gasteiger partial charge in [0.05, 0.1) is 36.4 Å². The van der Waals surface area contributed by atoms with Crippen molar-refractivity contribution in [2.45, 2.75) is 147 Å². The Labute approximate surface area is 284 Å². The minimum Gasteiger partial charge on any atom is -0.457 e. The molecule has 1 amide bonds. The van der Waals surface area contributed by atoms with Gasteiger partial charge in [0.2, 0.25) is 0 Å². The molecule has 4 rings (SSSR count). The van der Waals surface area contributed by atoms with Crippen LogP contribution in [0.2, 0.25) is 0 Å². The summed E-state index contributed by atoms with van der Waals surface area (Å²) in [5.74, 6) is -1.55. The minimum absolute atomic E-state index is 0.0196. The number of hydrogen-bond donors (Lipinski definition) is 4. The van der Waals surface area contributed by atoms with Gasteiger partial charge in [0.25, 0.3) is 0 Å². The van der Waals surface area contributed by atoms with Crippen LogP contribution in [-0.2, 0) is 28.5 Å². The number of hydrogen-bond acceptors (Lipinski definition) is 11. The van der Waals surface area contributed by atoms with Crippen LogP contribution < -0.4 is 5.32 Å². The lowest BCUT2D eigenvalue weighted by atomic mass is 9.88. The molecule has 270 valence electrons. The highest BCUT2D eigenvalue weighted by Gasteiger charge is 2.48. The van der Waals surface area contributed by atoms with Crippen molar-refractivity contribution >= 4 is 18.0 Å². The summed E-state index contributed by atoms with van der Waals surface area (Å²) in [6, 6.07) is 0.267. The zero-order valence-corrected chi connectivity index (χ0v) is 29.5. The third kappa shape index (κ3) is 9.90. The lowest BCUT2D eigenvalue weighted by molar-refractivity contribution is -0.158. The number of carbonyl (C=O) groups excluding carboxylic acids is 3. The Hall–Kier alpha value is -2.77. The first-order valence-corrected chi connectivity index (χ1v) is 17.4. The average molecular weight is 677 g/mol. The molecule has 12 atom stereocenters. The number of cyclic esters (lactones) is 1. The second kappa shape index (κ2) is 15.8. The van der Waals surface area contributed by atoms with Crippen LogP contribution in [0.1, 0.15) is 87.0 Å². The number of aliphatic hydroxyl groups is 3. The van der Waals surface area contributed by atoms with Crippen molar-refractivity contribution in [3.63, 3.8) is 0 Å². The summed E-state index contributed by atoms with van der Waals surface area (Å²) in [5.41, 5.74) is -1.80. The number of nitrogens with one attached hydrogen (secondary N) is 1. The Bertz CT molecular complexity index is 1250. The number of rotatable bonds is 10. The fraction of sp³-hybridized carbons (Fsp3) is 0.750. The second-order valence-electron chi connectivity index (χ2n) is 14.7. The predicted molar refractivity (Wildman–Crippen MR) is 178 cm³/mol. The Morgan fingerprint density at radius 3 is 2.65 bits per heavy atom. The van der Waals surface area contributed by atoms with E-state index >= 15 is 0 Å². The van der Waals surface area contributed by atoms with E-state index < -0.39 is 59.6 Å². The molecular weight excluding hydrogens is 620 g/mol. The number of allylic oxidation sites excluding steroid dienone is 2. The molecule has 48 heavy (non-hydrogen) atoms. The van der Waals surface area contributed by atoms with Gasteiger partial charge in [-0.15, -0.1) is 0 Å². The van der Waals surface area contributed by atoms with Gasteiger partial charge in [0.15, 0.2) is 11.7 Å². The van der Waals surface area contributed by atoms with E-state index in [4.69, 9.17) is 18.9 Å². The van der Waals surface area contributed by atoms with Crippen LogP contribution in [0, 0.1) is 11.8 Å². The zero-order valence-electron chi connectivity index (χ0n) is 29.5. The smallest absolute Gasteiger partial charge is 0.410 e. The van der Waals surface area contributed by atoms with E-state index in [2.05, 4.69) is 5.32 Å². The summed E-state index contributed by atoms with van der Waals surface area (Å²) >= 11 is 0. The molecule has 0 aromatic rings. The second-order valence-corrected chi connectivity index (χ2v) is 14.7. The number of fused-ring (bicyclic) bond motifs is 2. The van der Waals surface area contributed by atoms with Crippen LogP contribution in [-0.4, -0.2) is 111 Å². The monoisotopic (exact) mass is 676 g/mol. The molecule has 8 unspecified atom stereocenters. The fourth-order valence-electron chi connectivity index (χ4n) is 7.12. The standard InChI is InChI=1S/C36H56N2O10/c1-8-28(41)23(4)33-29(46-33)18-35(6,44)14-9-10-21(2)32-22(3)11-12-30(45-24(5)39)36(7,15-13-27(40)17-31(42)47-32)48-34(43)38-20-25-16-26(38)19-37-25/h9-12,14,22-23,25-30,32-33,37,40-41,44H,8,13,15-20H2,1-7H3/b12-11?,14-9+,21-10+/t22?,23-,25?,26?,27?,28+,29-,30?,32?,33-,35?,36?/m1/s1. The van der Waals surface area contributed by atoms with Gasteiger partial charge in [-0.05, 0) is 58.1 Å². The molecule has 0 radical (unpaired) electrons. The van der Waals surface area contributed by atoms with Crippen LogP contribution >= 0.6 is 0 Å². The third-order valence-electron chi connectivity index (χ3n) is 10.3. The topological polar surface area (TPSA) is 167 Å². The van der Waals surface area contributed by atoms with Gasteiger partial charge >= 0.3 is 18.0 Å². The first kappa shape index (κ1) is 38.0. The number of piperazine rings is 1. The summed E-state index contributed by atoms with van der Waals surface area (Å²) in [4.78, 5) is 40.4. The van der Waals surface area contributed by atoms with E-state index in [-0.39, 0.29) is 49.5 Å². The lowest BCUT2D eigenvalue weighted by Gasteiger charge is -2.38. The molecule has 3 fully saturated rings. The van der Waals surface area contributed by atoms with Crippen molar-refractivity contribution in [3.05, 3.63) is 36.0 Å². The highest BCUT2D eigenvalue weighted by Crippen LogP contribution is 2.38. The van der Waals surface area contributed by atoms with Crippen LogP contribution in [0.4, 0.5) is 4.79 Å². The zero-order chi connectivity index (χ0) is 35.4. The molecule has 4 heterocycles. The number of ether oxygens (including phenoxy) is 4. The van der Waals surface area contributed by atoms with Gasteiger partial charge in [-0.25, -0.2) is 4.79 Å². The maximum Gasteiger partial charge on any atom is 0.410 e. The van der Waals surface area contributed by atoms with E-state index in [1.54, 1.807) is 49.1 Å². The van der Waals surface area contributed by atoms with Gasteiger partial charge in [-0.1, -0.05) is 45.1 Å². The summed E-state index contributed by atoms with van der Waals surface area (Å²) in [6.07, 6.45) is 6.48. The number of esters is 2. The van der Waals surface area contributed by atoms with Gasteiger partial charge in [0, 0.05) is 50.4 Å². The molecule has 4 aliphatic heterocycles. The number of likely N-dealkylation sites (tertiary alicyclic amines) is 1. The van der Waals surface area contributed by atoms with Crippen LogP contribution in [0.3, 0.4) is 0 Å². The summed E-state index contributed by atoms with van der Waals surface area (Å²) in [6.45, 7) is 13.4. The van der Waals surface area contributed by atoms with Crippen LogP contribution in [0.25, 0.3) is 0 Å². The molecular formula is C36H56N2O10. The van der Waals surface area contributed by atoms with Crippen molar-refractivity contribution in [1.29, 1.82) is 0 Å². The molecule has 0 aromatic heterocycles. The molecule has 12 nitrogen and oxygen atoms in total. The van der Waals surface area contributed by atoms with Crippen molar-refractivity contribution in [2.75, 3.05) is 13.1 Å². The number of aliphatic hydroxyl groups excluding tert-OH is 2. The average Bonchev–Trinajstić information content (AvgIpc) is 3.40. The first-order valence-electron chi connectivity index (χ1n) is 17.4. The Balaban J connectivity index is 1.50. The lowest BCUT2D eigenvalue weighted by Crippen LogP contribution is -2.52. The van der Waals surface area contributed by atoms with E-state index in [0.29, 0.717) is 31.5 Å². The minimum atomic E-state index is -1.32. The third-order valence-corrected chi connectivity index (χ3v) is 10.3.